The Kier molecular flexibility index (Phi) is 8.15. The highest BCUT2D eigenvalue weighted by atomic mass is 79.9. The number of amides is 1. The summed E-state index contributed by atoms with van der Waals surface area (Å²) in [5, 5.41) is 20.9. The van der Waals surface area contributed by atoms with Crippen molar-refractivity contribution in [3.8, 4) is 22.6 Å². The lowest BCUT2D eigenvalue weighted by atomic mass is 9.98. The lowest BCUT2D eigenvalue weighted by Crippen LogP contribution is -2.23. The molecule has 0 saturated carbocycles. The van der Waals surface area contributed by atoms with E-state index in [0.29, 0.717) is 38.8 Å². The van der Waals surface area contributed by atoms with Crippen molar-refractivity contribution >= 4 is 39.1 Å². The number of benzene rings is 3. The zero-order chi connectivity index (χ0) is 30.0. The number of pyridine rings is 1. The number of hydrogen-bond acceptors (Lipinski definition) is 7. The summed E-state index contributed by atoms with van der Waals surface area (Å²) < 4.78 is 26.7. The molecule has 1 amide bonds. The largest absolute Gasteiger partial charge is 0.496 e. The van der Waals surface area contributed by atoms with E-state index in [9.17, 15) is 14.3 Å². The third kappa shape index (κ3) is 6.22. The van der Waals surface area contributed by atoms with Gasteiger partial charge in [-0.15, -0.1) is 5.10 Å². The number of ether oxygens (including phenoxy) is 2. The number of fused-ring (bicyclic) bond motifs is 1. The monoisotopic (exact) mass is 633 g/mol. The van der Waals surface area contributed by atoms with Crippen molar-refractivity contribution in [1.82, 2.24) is 19.9 Å². The van der Waals surface area contributed by atoms with E-state index in [2.05, 4.69) is 36.6 Å². The minimum Gasteiger partial charge on any atom is -0.496 e. The van der Waals surface area contributed by atoms with Gasteiger partial charge in [0.1, 0.15) is 17.3 Å². The van der Waals surface area contributed by atoms with Crippen LogP contribution in [-0.4, -0.2) is 39.8 Å². The Hall–Kier alpha value is -4.48. The van der Waals surface area contributed by atoms with Gasteiger partial charge in [0.05, 0.1) is 31.1 Å². The van der Waals surface area contributed by atoms with E-state index in [4.69, 9.17) is 9.47 Å². The van der Waals surface area contributed by atoms with Gasteiger partial charge in [-0.2, -0.15) is 4.98 Å². The average Bonchev–Trinajstić information content (AvgIpc) is 3.37. The first-order valence-corrected chi connectivity index (χ1v) is 13.8. The molecule has 0 saturated heterocycles. The van der Waals surface area contributed by atoms with Crippen LogP contribution < -0.4 is 20.1 Å². The Morgan fingerprint density at radius 3 is 2.48 bits per heavy atom. The summed E-state index contributed by atoms with van der Waals surface area (Å²) in [5.74, 6) is 0.659. The first kappa shape index (κ1) is 29.0. The zero-order valence-corrected chi connectivity index (χ0v) is 25.0. The SMILES string of the molecule is COc1cc(C(C)(C)O)ccc1Nc1nc2ccc(-c3ccc(C(=O)NCc4ccc(F)cc4Br)c(OC)c3)cn2n1. The van der Waals surface area contributed by atoms with Gasteiger partial charge in [0.25, 0.3) is 5.91 Å². The van der Waals surface area contributed by atoms with E-state index in [0.717, 1.165) is 22.3 Å². The number of carbonyl (C=O) groups is 1. The van der Waals surface area contributed by atoms with Crippen LogP contribution in [0.4, 0.5) is 16.0 Å². The summed E-state index contributed by atoms with van der Waals surface area (Å²) in [6, 6.07) is 18.8. The topological polar surface area (TPSA) is 110 Å². The summed E-state index contributed by atoms with van der Waals surface area (Å²) in [6.45, 7) is 3.64. The standard InChI is InChI=1S/C31H29BrFN5O4/c1-31(2,40)21-8-11-25(27(14-21)42-4)35-30-36-28-12-7-20(17-38(28)37-30)18-6-10-23(26(13-18)41-3)29(39)34-16-19-5-9-22(33)15-24(19)32/h5-15,17,40H,16H2,1-4H3,(H,34,39)(H,35,37). The molecular weight excluding hydrogens is 605 g/mol. The molecule has 11 heteroatoms. The van der Waals surface area contributed by atoms with Crippen molar-refractivity contribution in [3.05, 3.63) is 99.9 Å². The molecule has 9 nitrogen and oxygen atoms in total. The van der Waals surface area contributed by atoms with Crippen LogP contribution in [-0.2, 0) is 12.1 Å². The second-order valence-corrected chi connectivity index (χ2v) is 10.9. The molecule has 0 spiro atoms. The van der Waals surface area contributed by atoms with Crippen LogP contribution in [0.3, 0.4) is 0 Å². The molecule has 2 aromatic heterocycles. The van der Waals surface area contributed by atoms with Crippen molar-refractivity contribution in [2.75, 3.05) is 19.5 Å². The number of nitrogens with one attached hydrogen (secondary N) is 2. The molecule has 2 heterocycles. The predicted octanol–water partition coefficient (Wildman–Crippen LogP) is 6.22. The van der Waals surface area contributed by atoms with Crippen LogP contribution in [0.2, 0.25) is 0 Å². The maximum absolute atomic E-state index is 13.4. The number of aliphatic hydroxyl groups is 1. The van der Waals surface area contributed by atoms with E-state index >= 15 is 0 Å². The minimum absolute atomic E-state index is 0.222. The van der Waals surface area contributed by atoms with Gasteiger partial charge in [-0.3, -0.25) is 4.79 Å². The molecule has 0 radical (unpaired) electrons. The van der Waals surface area contributed by atoms with Gasteiger partial charge in [0.2, 0.25) is 5.95 Å². The van der Waals surface area contributed by atoms with Gasteiger partial charge in [-0.05, 0) is 79.1 Å². The lowest BCUT2D eigenvalue weighted by Gasteiger charge is -2.19. The van der Waals surface area contributed by atoms with Gasteiger partial charge in [-0.25, -0.2) is 8.91 Å². The highest BCUT2D eigenvalue weighted by Gasteiger charge is 2.19. The fourth-order valence-corrected chi connectivity index (χ4v) is 4.89. The fraction of sp³-hybridized carbons (Fsp3) is 0.194. The quantitative estimate of drug-likeness (QED) is 0.177. The predicted molar refractivity (Wildman–Crippen MR) is 162 cm³/mol. The number of anilines is 2. The van der Waals surface area contributed by atoms with Crippen LogP contribution in [0.25, 0.3) is 16.8 Å². The van der Waals surface area contributed by atoms with Crippen molar-refractivity contribution in [3.63, 3.8) is 0 Å². The number of hydrogen-bond donors (Lipinski definition) is 3. The molecule has 0 aliphatic rings. The Morgan fingerprint density at radius 1 is 1.00 bits per heavy atom. The maximum Gasteiger partial charge on any atom is 0.255 e. The molecule has 42 heavy (non-hydrogen) atoms. The van der Waals surface area contributed by atoms with Crippen LogP contribution in [0.15, 0.2) is 77.4 Å². The maximum atomic E-state index is 13.4. The Labute approximate surface area is 250 Å². The first-order valence-electron chi connectivity index (χ1n) is 13.0. The molecule has 5 rings (SSSR count). The fourth-order valence-electron chi connectivity index (χ4n) is 4.40. The molecule has 0 bridgehead atoms. The van der Waals surface area contributed by atoms with Gasteiger partial charge in [0, 0.05) is 22.8 Å². The number of halogens is 2. The van der Waals surface area contributed by atoms with Gasteiger partial charge >= 0.3 is 0 Å². The third-order valence-corrected chi connectivity index (χ3v) is 7.46. The van der Waals surface area contributed by atoms with Crippen molar-refractivity contribution < 1.29 is 23.8 Å². The molecule has 0 atom stereocenters. The smallest absolute Gasteiger partial charge is 0.255 e. The third-order valence-electron chi connectivity index (χ3n) is 6.72. The minimum atomic E-state index is -1.00. The zero-order valence-electron chi connectivity index (χ0n) is 23.4. The molecule has 0 fully saturated rings. The summed E-state index contributed by atoms with van der Waals surface area (Å²) >= 11 is 3.32. The molecule has 3 N–H and O–H groups in total. The number of rotatable bonds is 9. The van der Waals surface area contributed by atoms with Crippen molar-refractivity contribution in [2.45, 2.75) is 26.0 Å². The molecule has 216 valence electrons. The first-order chi connectivity index (χ1) is 20.0. The lowest BCUT2D eigenvalue weighted by molar-refractivity contribution is 0.0783. The second-order valence-electron chi connectivity index (χ2n) is 10.1. The Balaban J connectivity index is 1.35. The van der Waals surface area contributed by atoms with Crippen LogP contribution >= 0.6 is 15.9 Å². The van der Waals surface area contributed by atoms with Gasteiger partial charge in [-0.1, -0.05) is 34.1 Å². The van der Waals surface area contributed by atoms with E-state index < -0.39 is 5.60 Å². The number of aromatic nitrogens is 3. The van der Waals surface area contributed by atoms with Crippen molar-refractivity contribution in [2.24, 2.45) is 0 Å². The summed E-state index contributed by atoms with van der Waals surface area (Å²) in [5.41, 5.74) is 3.78. The van der Waals surface area contributed by atoms with Gasteiger partial charge < -0.3 is 25.2 Å². The normalized spacial score (nSPS) is 11.4. The highest BCUT2D eigenvalue weighted by Crippen LogP contribution is 2.32. The summed E-state index contributed by atoms with van der Waals surface area (Å²) in [4.78, 5) is 17.5. The number of carbonyl (C=O) groups excluding carboxylic acids is 1. The van der Waals surface area contributed by atoms with E-state index in [1.807, 2.05) is 36.5 Å². The van der Waals surface area contributed by atoms with Crippen LogP contribution in [0, 0.1) is 5.82 Å². The number of methoxy groups -OCH3 is 2. The second kappa shape index (κ2) is 11.8. The van der Waals surface area contributed by atoms with Crippen LogP contribution in [0.1, 0.15) is 35.3 Å². The van der Waals surface area contributed by atoms with E-state index in [1.165, 1.54) is 19.2 Å². The van der Waals surface area contributed by atoms with Gasteiger partial charge in [0.15, 0.2) is 5.65 Å². The highest BCUT2D eigenvalue weighted by molar-refractivity contribution is 9.10. The molecule has 0 aliphatic carbocycles. The summed E-state index contributed by atoms with van der Waals surface area (Å²) in [7, 11) is 3.07. The molecule has 0 unspecified atom stereocenters. The van der Waals surface area contributed by atoms with E-state index in [-0.39, 0.29) is 18.3 Å². The molecule has 3 aromatic carbocycles. The van der Waals surface area contributed by atoms with E-state index in [1.54, 1.807) is 49.7 Å². The Bertz CT molecular complexity index is 1780. The Morgan fingerprint density at radius 2 is 1.76 bits per heavy atom. The summed E-state index contributed by atoms with van der Waals surface area (Å²) in [6.07, 6.45) is 1.84. The average molecular weight is 635 g/mol. The number of nitrogens with zero attached hydrogens (tertiary/aromatic N) is 3. The molecular formula is C31H29BrFN5O4. The van der Waals surface area contributed by atoms with Crippen molar-refractivity contribution in [1.29, 1.82) is 0 Å². The molecule has 0 aliphatic heterocycles. The van der Waals surface area contributed by atoms with Crippen LogP contribution in [0.5, 0.6) is 11.5 Å². The molecule has 5 aromatic rings.